The Labute approximate surface area is 151 Å². The molecule has 0 aromatic heterocycles. The van der Waals surface area contributed by atoms with E-state index in [1.807, 2.05) is 25.1 Å². The Hall–Kier alpha value is -0.996. The van der Waals surface area contributed by atoms with Crippen molar-refractivity contribution in [1.29, 1.82) is 0 Å². The minimum absolute atomic E-state index is 0. The van der Waals surface area contributed by atoms with Crippen LogP contribution in [0.2, 0.25) is 0 Å². The first-order chi connectivity index (χ1) is 10.8. The van der Waals surface area contributed by atoms with Gasteiger partial charge in [-0.2, -0.15) is 7.11 Å². The molecule has 4 heteroatoms. The monoisotopic (exact) mass is 350 g/mol. The van der Waals surface area contributed by atoms with Crippen LogP contribution in [0.1, 0.15) is 19.4 Å². The number of aryl methyl sites for hydroxylation is 1. The third kappa shape index (κ3) is 5.85. The Morgan fingerprint density at radius 2 is 1.78 bits per heavy atom. The van der Waals surface area contributed by atoms with Crippen LogP contribution < -0.4 is 4.74 Å². The molecule has 1 aliphatic heterocycles. The number of rotatable bonds is 5. The summed E-state index contributed by atoms with van der Waals surface area (Å²) in [5.74, 6) is 1.63. The Kier molecular flexibility index (Phi) is 9.34. The first kappa shape index (κ1) is 20.0. The largest absolute Gasteiger partial charge is 2.00 e. The molecule has 2 aromatic carbocycles. The van der Waals surface area contributed by atoms with Gasteiger partial charge in [-0.3, -0.25) is 0 Å². The minimum atomic E-state index is 0. The van der Waals surface area contributed by atoms with E-state index >= 15 is 0 Å². The van der Waals surface area contributed by atoms with Gasteiger partial charge in [0.05, 0.1) is 5.75 Å². The Morgan fingerprint density at radius 1 is 1.13 bits per heavy atom. The van der Waals surface area contributed by atoms with E-state index in [2.05, 4.69) is 37.5 Å². The van der Waals surface area contributed by atoms with Crippen molar-refractivity contribution in [3.05, 3.63) is 54.4 Å². The molecule has 1 saturated heterocycles. The third-order valence-electron chi connectivity index (χ3n) is 3.80. The Morgan fingerprint density at radius 3 is 2.26 bits per heavy atom. The van der Waals surface area contributed by atoms with E-state index in [9.17, 15) is 0 Å². The van der Waals surface area contributed by atoms with Gasteiger partial charge in [0, 0.05) is 13.2 Å². The molecule has 0 N–H and O–H groups in total. The number of ether oxygens (including phenoxy) is 2. The van der Waals surface area contributed by atoms with Crippen LogP contribution in [0.25, 0.3) is 16.1 Å². The molecule has 0 atom stereocenters. The van der Waals surface area contributed by atoms with E-state index in [4.69, 9.17) is 9.47 Å². The smallest absolute Gasteiger partial charge is 0.665 e. The molecule has 0 unspecified atom stereocenters. The topological polar surface area (TPSA) is 32.6 Å². The fourth-order valence-electron chi connectivity index (χ4n) is 2.38. The van der Waals surface area contributed by atoms with Crippen molar-refractivity contribution in [2.75, 3.05) is 26.3 Å². The maximum atomic E-state index is 5.18. The molecular weight excluding hydrogens is 325 g/mol. The molecular formula is C19H25NO2V. The Balaban J connectivity index is 0.000000253. The van der Waals surface area contributed by atoms with Gasteiger partial charge >= 0.3 is 18.6 Å². The van der Waals surface area contributed by atoms with Gasteiger partial charge in [-0.1, -0.05) is 37.1 Å². The van der Waals surface area contributed by atoms with E-state index < -0.39 is 0 Å². The quantitative estimate of drug-likeness (QED) is 0.739. The van der Waals surface area contributed by atoms with Gasteiger partial charge in [0.2, 0.25) is 0 Å². The van der Waals surface area contributed by atoms with Gasteiger partial charge in [-0.25, -0.2) is 0 Å². The van der Waals surface area contributed by atoms with Gasteiger partial charge in [-0.15, -0.1) is 13.1 Å². The standard InChI is InChI=1S/C13H13O.C6H12NO.V/c1-3-10-8-11-6-4-5-7-12(11)9-13(10)14-2;1-2-8-5-6-3-7-4-6;/h4-9H,2-3H2,1H3;6H,2-5H2,1H3;/q2*-1;+2. The maximum Gasteiger partial charge on any atom is 2.00 e. The summed E-state index contributed by atoms with van der Waals surface area (Å²) in [6.07, 6.45) is 0.968. The second-order valence-electron chi connectivity index (χ2n) is 5.42. The van der Waals surface area contributed by atoms with Crippen molar-refractivity contribution in [3.63, 3.8) is 0 Å². The summed E-state index contributed by atoms with van der Waals surface area (Å²) in [4.78, 5) is 0. The molecule has 2 aromatic rings. The van der Waals surface area contributed by atoms with Gasteiger partial charge in [-0.05, 0) is 41.8 Å². The average molecular weight is 350 g/mol. The predicted octanol–water partition coefficient (Wildman–Crippen LogP) is 4.60. The van der Waals surface area contributed by atoms with Gasteiger partial charge in [0.15, 0.2) is 0 Å². The summed E-state index contributed by atoms with van der Waals surface area (Å²) in [7, 11) is 3.47. The van der Waals surface area contributed by atoms with Crippen LogP contribution in [0.15, 0.2) is 36.4 Å². The molecule has 0 bridgehead atoms. The molecule has 0 amide bonds. The van der Waals surface area contributed by atoms with Crippen molar-refractivity contribution in [3.8, 4) is 5.75 Å². The molecule has 0 aliphatic carbocycles. The van der Waals surface area contributed by atoms with Crippen molar-refractivity contribution in [2.24, 2.45) is 5.92 Å². The summed E-state index contributed by atoms with van der Waals surface area (Å²) < 4.78 is 10.3. The predicted molar refractivity (Wildman–Crippen MR) is 92.4 cm³/mol. The molecule has 0 spiro atoms. The van der Waals surface area contributed by atoms with E-state index in [0.717, 1.165) is 44.4 Å². The molecule has 1 heterocycles. The zero-order valence-corrected chi connectivity index (χ0v) is 15.4. The van der Waals surface area contributed by atoms with Crippen LogP contribution >= 0.6 is 0 Å². The summed E-state index contributed by atoms with van der Waals surface area (Å²) in [6.45, 7) is 7.96. The Bertz CT molecular complexity index is 542. The molecule has 123 valence electrons. The van der Waals surface area contributed by atoms with E-state index in [-0.39, 0.29) is 18.6 Å². The third-order valence-corrected chi connectivity index (χ3v) is 3.80. The van der Waals surface area contributed by atoms with Crippen molar-refractivity contribution < 1.29 is 28.0 Å². The average Bonchev–Trinajstić information content (AvgIpc) is 2.53. The fraction of sp³-hybridized carbons (Fsp3) is 0.421. The van der Waals surface area contributed by atoms with Crippen LogP contribution in [0.5, 0.6) is 5.75 Å². The van der Waals surface area contributed by atoms with Gasteiger partial charge in [0.25, 0.3) is 0 Å². The molecule has 1 aliphatic rings. The number of fused-ring (bicyclic) bond motifs is 1. The van der Waals surface area contributed by atoms with E-state index in [1.165, 1.54) is 16.3 Å². The summed E-state index contributed by atoms with van der Waals surface area (Å²) in [6, 6.07) is 12.5. The molecule has 0 saturated carbocycles. The zero-order valence-electron chi connectivity index (χ0n) is 14.0. The molecule has 1 fully saturated rings. The van der Waals surface area contributed by atoms with Crippen molar-refractivity contribution >= 4 is 10.8 Å². The number of benzene rings is 2. The molecule has 23 heavy (non-hydrogen) atoms. The van der Waals surface area contributed by atoms with Gasteiger partial charge in [0.1, 0.15) is 0 Å². The number of hydrogen-bond donors (Lipinski definition) is 0. The van der Waals surface area contributed by atoms with Crippen molar-refractivity contribution in [1.82, 2.24) is 0 Å². The minimum Gasteiger partial charge on any atom is -0.665 e. The second-order valence-corrected chi connectivity index (χ2v) is 5.42. The maximum absolute atomic E-state index is 5.18. The summed E-state index contributed by atoms with van der Waals surface area (Å²) in [5, 5.41) is 6.52. The van der Waals surface area contributed by atoms with Crippen LogP contribution in [-0.4, -0.2) is 26.3 Å². The summed E-state index contributed by atoms with van der Waals surface area (Å²) in [5.41, 5.74) is 1.21. The van der Waals surface area contributed by atoms with Crippen LogP contribution in [0, 0.1) is 13.0 Å². The summed E-state index contributed by atoms with van der Waals surface area (Å²) >= 11 is 0. The molecule has 3 rings (SSSR count). The number of hydrogen-bond acceptors (Lipinski definition) is 2. The normalized spacial score (nSPS) is 13.5. The van der Waals surface area contributed by atoms with E-state index in [1.54, 1.807) is 0 Å². The fourth-order valence-corrected chi connectivity index (χ4v) is 2.38. The van der Waals surface area contributed by atoms with Crippen LogP contribution in [0.4, 0.5) is 0 Å². The van der Waals surface area contributed by atoms with Crippen LogP contribution in [0.3, 0.4) is 0 Å². The second kappa shape index (κ2) is 10.7. The van der Waals surface area contributed by atoms with E-state index in [0.29, 0.717) is 0 Å². The van der Waals surface area contributed by atoms with Crippen LogP contribution in [-0.2, 0) is 29.7 Å². The van der Waals surface area contributed by atoms with Crippen molar-refractivity contribution in [2.45, 2.75) is 20.3 Å². The SMILES string of the molecule is CCOCC1C[N-]C1.[CH2-]Oc1cc2ccccc2cc1CC.[V+2]. The van der Waals surface area contributed by atoms with Gasteiger partial charge < -0.3 is 14.8 Å². The zero-order chi connectivity index (χ0) is 15.8. The number of nitrogens with zero attached hydrogens (tertiary/aromatic N) is 1. The first-order valence-corrected chi connectivity index (χ1v) is 7.93. The first-order valence-electron chi connectivity index (χ1n) is 7.93. The molecule has 3 nitrogen and oxygen atoms in total. The molecule has 1 radical (unpaired) electrons.